The first-order valence-corrected chi connectivity index (χ1v) is 7.27. The molecule has 0 spiro atoms. The molecule has 0 aliphatic heterocycles. The highest BCUT2D eigenvalue weighted by Gasteiger charge is 2.14. The van der Waals surface area contributed by atoms with E-state index in [2.05, 4.69) is 65.0 Å². The zero-order valence-corrected chi connectivity index (χ0v) is 11.9. The molecular weight excluding hydrogens is 262 g/mol. The van der Waals surface area contributed by atoms with E-state index in [0.29, 0.717) is 6.04 Å². The lowest BCUT2D eigenvalue weighted by atomic mass is 10.1. The number of rotatable bonds is 7. The van der Waals surface area contributed by atoms with Crippen molar-refractivity contribution in [3.63, 3.8) is 0 Å². The predicted molar refractivity (Wildman–Crippen MR) is 75.0 cm³/mol. The summed E-state index contributed by atoms with van der Waals surface area (Å²) in [6.07, 6.45) is 2.46. The predicted octanol–water partition coefficient (Wildman–Crippen LogP) is 4.07. The number of nitrogens with zero attached hydrogens (tertiary/aromatic N) is 1. The van der Waals surface area contributed by atoms with Crippen molar-refractivity contribution in [1.82, 2.24) is 4.90 Å². The summed E-state index contributed by atoms with van der Waals surface area (Å²) in [6.45, 7) is 6.75. The minimum Gasteiger partial charge on any atom is -0.295 e. The quantitative estimate of drug-likeness (QED) is 0.682. The molecular formula is C14H22BrN. The van der Waals surface area contributed by atoms with Crippen molar-refractivity contribution in [2.24, 2.45) is 0 Å². The molecule has 0 saturated carbocycles. The molecule has 1 nitrogen and oxygen atoms in total. The first kappa shape index (κ1) is 13.7. The van der Waals surface area contributed by atoms with Crippen LogP contribution in [0.25, 0.3) is 0 Å². The van der Waals surface area contributed by atoms with Crippen molar-refractivity contribution in [2.75, 3.05) is 11.9 Å². The molecule has 0 fully saturated rings. The molecule has 0 aromatic heterocycles. The van der Waals surface area contributed by atoms with Crippen LogP contribution in [0.3, 0.4) is 0 Å². The van der Waals surface area contributed by atoms with Gasteiger partial charge in [0.15, 0.2) is 0 Å². The van der Waals surface area contributed by atoms with E-state index in [0.717, 1.165) is 18.4 Å². The molecule has 1 rings (SSSR count). The van der Waals surface area contributed by atoms with Gasteiger partial charge in [0, 0.05) is 24.5 Å². The van der Waals surface area contributed by atoms with E-state index < -0.39 is 0 Å². The molecule has 0 radical (unpaired) electrons. The largest absolute Gasteiger partial charge is 0.295 e. The van der Waals surface area contributed by atoms with E-state index in [1.807, 2.05) is 0 Å². The molecule has 16 heavy (non-hydrogen) atoms. The van der Waals surface area contributed by atoms with E-state index in [4.69, 9.17) is 0 Å². The van der Waals surface area contributed by atoms with Gasteiger partial charge >= 0.3 is 0 Å². The summed E-state index contributed by atoms with van der Waals surface area (Å²) < 4.78 is 0. The summed E-state index contributed by atoms with van der Waals surface area (Å²) in [5.74, 6) is 0. The van der Waals surface area contributed by atoms with Crippen LogP contribution >= 0.6 is 15.9 Å². The maximum atomic E-state index is 3.55. The molecule has 0 N–H and O–H groups in total. The summed E-state index contributed by atoms with van der Waals surface area (Å²) in [4.78, 5) is 2.57. The van der Waals surface area contributed by atoms with Crippen LogP contribution in [-0.2, 0) is 6.54 Å². The van der Waals surface area contributed by atoms with Crippen molar-refractivity contribution in [3.05, 3.63) is 35.9 Å². The highest BCUT2D eigenvalue weighted by molar-refractivity contribution is 9.09. The Labute approximate surface area is 108 Å². The Kier molecular flexibility index (Phi) is 6.74. The number of halogens is 1. The van der Waals surface area contributed by atoms with Crippen molar-refractivity contribution in [2.45, 2.75) is 39.3 Å². The van der Waals surface area contributed by atoms with E-state index in [1.54, 1.807) is 0 Å². The number of hydrogen-bond acceptors (Lipinski definition) is 1. The molecule has 2 heteroatoms. The number of alkyl halides is 1. The Balaban J connectivity index is 2.63. The van der Waals surface area contributed by atoms with E-state index >= 15 is 0 Å². The van der Waals surface area contributed by atoms with Crippen molar-refractivity contribution in [1.29, 1.82) is 0 Å². The third-order valence-corrected chi connectivity index (χ3v) is 3.41. The second-order valence-electron chi connectivity index (χ2n) is 4.12. The van der Waals surface area contributed by atoms with Gasteiger partial charge in [-0.25, -0.2) is 0 Å². The van der Waals surface area contributed by atoms with Crippen LogP contribution in [0.15, 0.2) is 30.3 Å². The van der Waals surface area contributed by atoms with Crippen LogP contribution in [0.4, 0.5) is 0 Å². The van der Waals surface area contributed by atoms with Crippen LogP contribution in [0.1, 0.15) is 32.3 Å². The van der Waals surface area contributed by atoms with Crippen LogP contribution < -0.4 is 0 Å². The second kappa shape index (κ2) is 7.86. The first-order chi connectivity index (χ1) is 7.81. The lowest BCUT2D eigenvalue weighted by molar-refractivity contribution is 0.189. The third-order valence-electron chi connectivity index (χ3n) is 3.06. The Morgan fingerprint density at radius 2 is 1.75 bits per heavy atom. The Morgan fingerprint density at radius 3 is 2.25 bits per heavy atom. The van der Waals surface area contributed by atoms with Crippen LogP contribution in [0.2, 0.25) is 0 Å². The van der Waals surface area contributed by atoms with Gasteiger partial charge in [0.25, 0.3) is 0 Å². The molecule has 0 unspecified atom stereocenters. The highest BCUT2D eigenvalue weighted by Crippen LogP contribution is 2.13. The fourth-order valence-electron chi connectivity index (χ4n) is 2.12. The first-order valence-electron chi connectivity index (χ1n) is 6.15. The molecule has 0 amide bonds. The highest BCUT2D eigenvalue weighted by atomic mass is 79.9. The summed E-state index contributed by atoms with van der Waals surface area (Å²) in [7, 11) is 0. The van der Waals surface area contributed by atoms with Gasteiger partial charge < -0.3 is 0 Å². The van der Waals surface area contributed by atoms with E-state index in [9.17, 15) is 0 Å². The minimum absolute atomic E-state index is 0.706. The zero-order chi connectivity index (χ0) is 11.8. The molecule has 0 aliphatic carbocycles. The van der Waals surface area contributed by atoms with Crippen molar-refractivity contribution >= 4 is 15.9 Å². The number of benzene rings is 1. The summed E-state index contributed by atoms with van der Waals surface area (Å²) >= 11 is 3.55. The average molecular weight is 284 g/mol. The molecule has 0 atom stereocenters. The van der Waals surface area contributed by atoms with Gasteiger partial charge in [0.2, 0.25) is 0 Å². The lowest BCUT2D eigenvalue weighted by Crippen LogP contribution is -2.35. The monoisotopic (exact) mass is 283 g/mol. The normalized spacial score (nSPS) is 11.3. The molecule has 0 bridgehead atoms. The summed E-state index contributed by atoms with van der Waals surface area (Å²) in [6, 6.07) is 11.4. The Hall–Kier alpha value is -0.340. The topological polar surface area (TPSA) is 3.24 Å². The van der Waals surface area contributed by atoms with E-state index in [1.165, 1.54) is 18.4 Å². The minimum atomic E-state index is 0.706. The van der Waals surface area contributed by atoms with Gasteiger partial charge in [-0.1, -0.05) is 60.1 Å². The van der Waals surface area contributed by atoms with Gasteiger partial charge in [0.1, 0.15) is 0 Å². The Morgan fingerprint density at radius 1 is 1.12 bits per heavy atom. The van der Waals surface area contributed by atoms with Gasteiger partial charge in [0.05, 0.1) is 0 Å². The molecule has 0 aliphatic rings. The molecule has 1 aromatic carbocycles. The fraction of sp³-hybridized carbons (Fsp3) is 0.571. The second-order valence-corrected chi connectivity index (χ2v) is 4.91. The fourth-order valence-corrected chi connectivity index (χ4v) is 2.58. The SMILES string of the molecule is CCC(CC)N(CCBr)Cc1ccccc1. The zero-order valence-electron chi connectivity index (χ0n) is 10.3. The van der Waals surface area contributed by atoms with Crippen LogP contribution in [0.5, 0.6) is 0 Å². The Bertz CT molecular complexity index is 269. The van der Waals surface area contributed by atoms with Gasteiger partial charge in [-0.2, -0.15) is 0 Å². The molecule has 90 valence electrons. The standard InChI is InChI=1S/C14H22BrN/c1-3-14(4-2)16(11-10-15)12-13-8-6-5-7-9-13/h5-9,14H,3-4,10-12H2,1-2H3. The lowest BCUT2D eigenvalue weighted by Gasteiger charge is -2.29. The van der Waals surface area contributed by atoms with Gasteiger partial charge in [-0.05, 0) is 18.4 Å². The molecule has 1 aromatic rings. The summed E-state index contributed by atoms with van der Waals surface area (Å²) in [5, 5.41) is 1.05. The van der Waals surface area contributed by atoms with Crippen molar-refractivity contribution in [3.8, 4) is 0 Å². The maximum Gasteiger partial charge on any atom is 0.0237 e. The van der Waals surface area contributed by atoms with Crippen LogP contribution in [-0.4, -0.2) is 22.8 Å². The third kappa shape index (κ3) is 4.26. The molecule has 0 saturated heterocycles. The van der Waals surface area contributed by atoms with Gasteiger partial charge in [-0.3, -0.25) is 4.90 Å². The van der Waals surface area contributed by atoms with Crippen molar-refractivity contribution < 1.29 is 0 Å². The maximum absolute atomic E-state index is 3.55. The summed E-state index contributed by atoms with van der Waals surface area (Å²) in [5.41, 5.74) is 1.41. The van der Waals surface area contributed by atoms with Gasteiger partial charge in [-0.15, -0.1) is 0 Å². The van der Waals surface area contributed by atoms with Crippen LogP contribution in [0, 0.1) is 0 Å². The molecule has 0 heterocycles. The average Bonchev–Trinajstić information content (AvgIpc) is 2.32. The smallest absolute Gasteiger partial charge is 0.0237 e. The van der Waals surface area contributed by atoms with E-state index in [-0.39, 0.29) is 0 Å². The number of hydrogen-bond donors (Lipinski definition) is 0.